The largest absolute Gasteiger partial charge is 0.390 e. The van der Waals surface area contributed by atoms with Crippen LogP contribution in [0.3, 0.4) is 0 Å². The zero-order valence-corrected chi connectivity index (χ0v) is 17.6. The van der Waals surface area contributed by atoms with Crippen molar-refractivity contribution in [3.63, 3.8) is 0 Å². The van der Waals surface area contributed by atoms with E-state index in [9.17, 15) is 14.7 Å². The number of amides is 3. The third-order valence-corrected chi connectivity index (χ3v) is 5.82. The SMILES string of the molecule is CN1C(=O)C2C(N=C(c3ccccc3)N2CC(O)CN2CCCC2)N(C)C1=O.Cl. The molecule has 1 N–H and O–H groups in total. The zero-order chi connectivity index (χ0) is 19.8. The molecule has 1 aromatic rings. The third-order valence-electron chi connectivity index (χ3n) is 5.82. The summed E-state index contributed by atoms with van der Waals surface area (Å²) in [5, 5.41) is 10.8. The minimum atomic E-state index is -0.615. The van der Waals surface area contributed by atoms with Crippen molar-refractivity contribution >= 4 is 30.2 Å². The number of urea groups is 1. The summed E-state index contributed by atoms with van der Waals surface area (Å²) in [7, 11) is 3.16. The molecule has 0 bridgehead atoms. The topological polar surface area (TPSA) is 79.7 Å². The van der Waals surface area contributed by atoms with E-state index in [1.165, 1.54) is 11.9 Å². The van der Waals surface area contributed by atoms with Gasteiger partial charge in [0.1, 0.15) is 5.84 Å². The van der Waals surface area contributed by atoms with Gasteiger partial charge in [-0.3, -0.25) is 9.69 Å². The van der Waals surface area contributed by atoms with Crippen LogP contribution < -0.4 is 0 Å². The molecule has 2 fully saturated rings. The summed E-state index contributed by atoms with van der Waals surface area (Å²) in [4.78, 5) is 36.8. The van der Waals surface area contributed by atoms with E-state index in [2.05, 4.69) is 4.90 Å². The number of aliphatic hydroxyl groups is 1. The molecule has 29 heavy (non-hydrogen) atoms. The second-order valence-electron chi connectivity index (χ2n) is 7.78. The van der Waals surface area contributed by atoms with E-state index in [1.54, 1.807) is 7.05 Å². The highest BCUT2D eigenvalue weighted by atomic mass is 35.5. The number of hydrogen-bond acceptors (Lipinski definition) is 6. The summed E-state index contributed by atoms with van der Waals surface area (Å²) in [6.45, 7) is 2.88. The maximum absolute atomic E-state index is 12.9. The van der Waals surface area contributed by atoms with Crippen LogP contribution in [0.4, 0.5) is 4.79 Å². The quantitative estimate of drug-likeness (QED) is 0.762. The number of likely N-dealkylation sites (N-methyl/N-ethyl adjacent to an activating group) is 2. The molecule has 3 amide bonds. The molecule has 0 aliphatic carbocycles. The first-order chi connectivity index (χ1) is 13.5. The second kappa shape index (κ2) is 8.69. The highest BCUT2D eigenvalue weighted by molar-refractivity contribution is 6.08. The number of imide groups is 1. The normalized spacial score (nSPS) is 25.8. The third kappa shape index (κ3) is 3.97. The van der Waals surface area contributed by atoms with E-state index >= 15 is 0 Å². The van der Waals surface area contributed by atoms with Gasteiger partial charge in [0.25, 0.3) is 5.91 Å². The molecule has 3 aliphatic heterocycles. The molecule has 1 aromatic carbocycles. The number of halogens is 1. The predicted molar refractivity (Wildman–Crippen MR) is 112 cm³/mol. The Bertz CT molecular complexity index is 784. The summed E-state index contributed by atoms with van der Waals surface area (Å²) in [6, 6.07) is 8.66. The van der Waals surface area contributed by atoms with Crippen molar-refractivity contribution in [3.05, 3.63) is 35.9 Å². The van der Waals surface area contributed by atoms with Gasteiger partial charge in [0, 0.05) is 32.7 Å². The molecule has 0 radical (unpaired) electrons. The number of carbonyl (C=O) groups is 2. The maximum Gasteiger partial charge on any atom is 0.328 e. The van der Waals surface area contributed by atoms with Gasteiger partial charge in [-0.05, 0) is 25.9 Å². The molecule has 0 saturated carbocycles. The molecule has 158 valence electrons. The zero-order valence-electron chi connectivity index (χ0n) is 16.8. The fraction of sp³-hybridized carbons (Fsp3) is 0.550. The first kappa shape index (κ1) is 21.5. The second-order valence-corrected chi connectivity index (χ2v) is 7.78. The monoisotopic (exact) mass is 421 g/mol. The van der Waals surface area contributed by atoms with Gasteiger partial charge in [0.05, 0.1) is 6.10 Å². The van der Waals surface area contributed by atoms with Crippen LogP contribution >= 0.6 is 12.4 Å². The first-order valence-corrected chi connectivity index (χ1v) is 9.82. The Labute approximate surface area is 177 Å². The van der Waals surface area contributed by atoms with Crippen molar-refractivity contribution in [3.8, 4) is 0 Å². The van der Waals surface area contributed by atoms with Gasteiger partial charge in [-0.1, -0.05) is 30.3 Å². The van der Waals surface area contributed by atoms with Crippen molar-refractivity contribution in [2.75, 3.05) is 40.3 Å². The average molecular weight is 422 g/mol. The number of fused-ring (bicyclic) bond motifs is 1. The molecule has 8 nitrogen and oxygen atoms in total. The molecule has 0 spiro atoms. The van der Waals surface area contributed by atoms with E-state index in [0.29, 0.717) is 18.9 Å². The van der Waals surface area contributed by atoms with Crippen molar-refractivity contribution in [1.29, 1.82) is 0 Å². The number of aliphatic imine (C=N–C) groups is 1. The number of benzene rings is 1. The van der Waals surface area contributed by atoms with Gasteiger partial charge in [0.2, 0.25) is 0 Å². The number of likely N-dealkylation sites (tertiary alicyclic amines) is 1. The van der Waals surface area contributed by atoms with Crippen LogP contribution in [0.5, 0.6) is 0 Å². The molecular formula is C20H28ClN5O3. The molecular weight excluding hydrogens is 394 g/mol. The molecule has 4 rings (SSSR count). The van der Waals surface area contributed by atoms with E-state index in [-0.39, 0.29) is 24.3 Å². The lowest BCUT2D eigenvalue weighted by Crippen LogP contribution is -2.64. The Kier molecular flexibility index (Phi) is 6.45. The Morgan fingerprint density at radius 3 is 2.41 bits per heavy atom. The Balaban J connectivity index is 0.00000240. The van der Waals surface area contributed by atoms with Gasteiger partial charge >= 0.3 is 6.03 Å². The number of amidine groups is 1. The Morgan fingerprint density at radius 1 is 1.10 bits per heavy atom. The Morgan fingerprint density at radius 2 is 1.76 bits per heavy atom. The fourth-order valence-electron chi connectivity index (χ4n) is 4.34. The molecule has 3 atom stereocenters. The number of carbonyl (C=O) groups excluding carboxylic acids is 2. The molecule has 3 heterocycles. The van der Waals surface area contributed by atoms with Crippen LogP contribution in [-0.4, -0.2) is 101 Å². The van der Waals surface area contributed by atoms with Crippen LogP contribution in [0.15, 0.2) is 35.3 Å². The van der Waals surface area contributed by atoms with E-state index in [0.717, 1.165) is 36.4 Å². The standard InChI is InChI=1S/C20H27N5O3.ClH/c1-22-18-16(19(27)23(2)20(22)28)25(13-15(26)12-24-10-6-7-11-24)17(21-18)14-8-4-3-5-9-14;/h3-5,8-9,15-16,18,26H,6-7,10-13H2,1-2H3;1H. The lowest BCUT2D eigenvalue weighted by Gasteiger charge is -2.40. The van der Waals surface area contributed by atoms with Gasteiger partial charge in [0.15, 0.2) is 12.2 Å². The Hall–Kier alpha value is -2.16. The van der Waals surface area contributed by atoms with Crippen LogP contribution in [-0.2, 0) is 4.79 Å². The predicted octanol–water partition coefficient (Wildman–Crippen LogP) is 0.846. The van der Waals surface area contributed by atoms with Crippen molar-refractivity contribution in [1.82, 2.24) is 19.6 Å². The van der Waals surface area contributed by atoms with Crippen LogP contribution in [0.1, 0.15) is 18.4 Å². The molecule has 2 saturated heterocycles. The molecule has 3 unspecified atom stereocenters. The van der Waals surface area contributed by atoms with E-state index in [1.807, 2.05) is 35.2 Å². The van der Waals surface area contributed by atoms with Gasteiger partial charge in [-0.25, -0.2) is 9.79 Å². The first-order valence-electron chi connectivity index (χ1n) is 9.82. The lowest BCUT2D eigenvalue weighted by atomic mass is 10.1. The van der Waals surface area contributed by atoms with E-state index in [4.69, 9.17) is 4.99 Å². The molecule has 3 aliphatic rings. The van der Waals surface area contributed by atoms with E-state index < -0.39 is 18.3 Å². The van der Waals surface area contributed by atoms with Gasteiger partial charge < -0.3 is 19.8 Å². The van der Waals surface area contributed by atoms with Crippen molar-refractivity contribution in [2.45, 2.75) is 31.2 Å². The fourth-order valence-corrected chi connectivity index (χ4v) is 4.34. The summed E-state index contributed by atoms with van der Waals surface area (Å²) in [6.07, 6.45) is 1.14. The van der Waals surface area contributed by atoms with Crippen LogP contribution in [0.25, 0.3) is 0 Å². The van der Waals surface area contributed by atoms with Crippen LogP contribution in [0.2, 0.25) is 0 Å². The minimum Gasteiger partial charge on any atom is -0.390 e. The highest BCUT2D eigenvalue weighted by Gasteiger charge is 2.51. The lowest BCUT2D eigenvalue weighted by molar-refractivity contribution is -0.136. The molecule has 0 aromatic heterocycles. The summed E-state index contributed by atoms with van der Waals surface area (Å²) >= 11 is 0. The number of nitrogens with zero attached hydrogens (tertiary/aromatic N) is 5. The summed E-state index contributed by atoms with van der Waals surface area (Å²) in [5.74, 6) is 0.371. The summed E-state index contributed by atoms with van der Waals surface area (Å²) in [5.41, 5.74) is 0.876. The van der Waals surface area contributed by atoms with Crippen LogP contribution in [0, 0.1) is 0 Å². The van der Waals surface area contributed by atoms with Crippen molar-refractivity contribution < 1.29 is 14.7 Å². The number of rotatable bonds is 5. The highest BCUT2D eigenvalue weighted by Crippen LogP contribution is 2.29. The number of aliphatic hydroxyl groups excluding tert-OH is 1. The smallest absolute Gasteiger partial charge is 0.328 e. The summed E-state index contributed by atoms with van der Waals surface area (Å²) < 4.78 is 0. The van der Waals surface area contributed by atoms with Crippen molar-refractivity contribution in [2.24, 2.45) is 4.99 Å². The average Bonchev–Trinajstić information content (AvgIpc) is 3.33. The van der Waals surface area contributed by atoms with Gasteiger partial charge in [-0.2, -0.15) is 0 Å². The number of β-amino-alcohol motifs (C(OH)–C–C–N with tert-alkyl or cyclic N) is 1. The minimum absolute atomic E-state index is 0. The molecule has 9 heteroatoms. The maximum atomic E-state index is 12.9. The number of hydrogen-bond donors (Lipinski definition) is 1. The van der Waals surface area contributed by atoms with Gasteiger partial charge in [-0.15, -0.1) is 12.4 Å².